The van der Waals surface area contributed by atoms with Crippen molar-refractivity contribution >= 4 is 29.5 Å². The molecule has 34 heavy (non-hydrogen) atoms. The van der Waals surface area contributed by atoms with Crippen LogP contribution in [-0.2, 0) is 29.5 Å². The van der Waals surface area contributed by atoms with Crippen LogP contribution in [0.3, 0.4) is 0 Å². The summed E-state index contributed by atoms with van der Waals surface area (Å²) in [6, 6.07) is 12.3. The van der Waals surface area contributed by atoms with Crippen molar-refractivity contribution in [3.8, 4) is 0 Å². The van der Waals surface area contributed by atoms with Gasteiger partial charge in [-0.2, -0.15) is 0 Å². The second kappa shape index (κ2) is 10.5. The Kier molecular flexibility index (Phi) is 8.27. The van der Waals surface area contributed by atoms with Gasteiger partial charge in [0.1, 0.15) is 0 Å². The molecule has 1 fully saturated rings. The molecule has 3 rings (SSSR count). The zero-order chi connectivity index (χ0) is 25.1. The van der Waals surface area contributed by atoms with E-state index in [0.29, 0.717) is 17.7 Å². The minimum absolute atomic E-state index is 0.0376. The molecule has 0 amide bonds. The summed E-state index contributed by atoms with van der Waals surface area (Å²) in [5.41, 5.74) is 0.780. The van der Waals surface area contributed by atoms with Crippen LogP contribution >= 0.6 is 0 Å². The maximum Gasteiger partial charge on any atom is 0.178 e. The number of benzene rings is 2. The number of rotatable bonds is 9. The third-order valence-corrected chi connectivity index (χ3v) is 10.5. The van der Waals surface area contributed by atoms with Crippen LogP contribution in [-0.4, -0.2) is 61.5 Å². The molecule has 1 aliphatic heterocycles. The Labute approximate surface area is 203 Å². The van der Waals surface area contributed by atoms with Crippen molar-refractivity contribution in [1.29, 1.82) is 0 Å². The predicted molar refractivity (Wildman–Crippen MR) is 133 cm³/mol. The fraction of sp³-hybridized carbons (Fsp3) is 0.500. The fourth-order valence-corrected chi connectivity index (χ4v) is 7.67. The lowest BCUT2D eigenvalue weighted by Crippen LogP contribution is -2.38. The third kappa shape index (κ3) is 6.47. The number of nitrogens with zero attached hydrogens (tertiary/aromatic N) is 1. The van der Waals surface area contributed by atoms with Gasteiger partial charge in [-0.05, 0) is 80.6 Å². The highest BCUT2D eigenvalue weighted by atomic mass is 32.2. The Hall–Kier alpha value is -1.75. The van der Waals surface area contributed by atoms with Crippen LogP contribution in [0.1, 0.15) is 44.2 Å². The normalized spacial score (nSPS) is 20.3. The van der Waals surface area contributed by atoms with Crippen LogP contribution in [0, 0.1) is 5.92 Å². The molecule has 2 unspecified atom stereocenters. The van der Waals surface area contributed by atoms with Crippen molar-refractivity contribution in [2.24, 2.45) is 5.92 Å². The van der Waals surface area contributed by atoms with Gasteiger partial charge in [-0.15, -0.1) is 0 Å². The van der Waals surface area contributed by atoms with E-state index >= 15 is 0 Å². The van der Waals surface area contributed by atoms with Crippen molar-refractivity contribution in [3.05, 3.63) is 54.1 Å². The van der Waals surface area contributed by atoms with E-state index in [4.69, 9.17) is 0 Å². The minimum atomic E-state index is -3.56. The summed E-state index contributed by atoms with van der Waals surface area (Å²) < 4.78 is 73.9. The number of sulfone groups is 3. The average molecular weight is 528 g/mol. The Bertz CT molecular complexity index is 1320. The van der Waals surface area contributed by atoms with E-state index in [0.717, 1.165) is 37.8 Å². The van der Waals surface area contributed by atoms with Crippen LogP contribution in [0.2, 0.25) is 0 Å². The van der Waals surface area contributed by atoms with Gasteiger partial charge in [-0.1, -0.05) is 25.1 Å². The average Bonchev–Trinajstić information content (AvgIpc) is 2.77. The van der Waals surface area contributed by atoms with E-state index in [2.05, 4.69) is 11.8 Å². The Morgan fingerprint density at radius 1 is 0.853 bits per heavy atom. The van der Waals surface area contributed by atoms with E-state index in [1.807, 2.05) is 12.1 Å². The molecular formula is C24H33NO6S3. The molecule has 0 radical (unpaired) electrons. The molecule has 0 aliphatic carbocycles. The van der Waals surface area contributed by atoms with Crippen molar-refractivity contribution in [2.75, 3.05) is 31.4 Å². The molecule has 2 aromatic carbocycles. The van der Waals surface area contributed by atoms with Gasteiger partial charge >= 0.3 is 0 Å². The lowest BCUT2D eigenvalue weighted by atomic mass is 9.85. The van der Waals surface area contributed by atoms with Crippen LogP contribution < -0.4 is 0 Å². The SMILES string of the molecule is CCCN1CCC(CCS(=O)(=O)c2ccc(S(C)(=O)=O)cc2)CC1c1ccccc1S(C)(=O)=O. The quantitative estimate of drug-likeness (QED) is 0.491. The van der Waals surface area contributed by atoms with Crippen molar-refractivity contribution < 1.29 is 25.3 Å². The first-order chi connectivity index (χ1) is 15.8. The zero-order valence-electron chi connectivity index (χ0n) is 19.8. The number of hydrogen-bond acceptors (Lipinski definition) is 7. The standard InChI is InChI=1S/C24H33NO6S3/c1-4-15-25-16-13-19(18-23(25)22-7-5-6-8-24(22)33(3,28)29)14-17-34(30,31)21-11-9-20(10-12-21)32(2,26)27/h5-12,19,23H,4,13-18H2,1-3H3. The third-order valence-electron chi connectivity index (χ3n) is 6.42. The molecule has 2 aromatic rings. The second-order valence-electron chi connectivity index (χ2n) is 9.10. The van der Waals surface area contributed by atoms with Gasteiger partial charge in [0.15, 0.2) is 29.5 Å². The van der Waals surface area contributed by atoms with Gasteiger partial charge in [0, 0.05) is 18.6 Å². The minimum Gasteiger partial charge on any atom is -0.296 e. The van der Waals surface area contributed by atoms with Gasteiger partial charge < -0.3 is 0 Å². The molecule has 1 saturated heterocycles. The Balaban J connectivity index is 1.78. The smallest absolute Gasteiger partial charge is 0.178 e. The highest BCUT2D eigenvalue weighted by Gasteiger charge is 2.32. The van der Waals surface area contributed by atoms with Crippen molar-refractivity contribution in [2.45, 2.75) is 53.3 Å². The first kappa shape index (κ1) is 26.8. The second-order valence-corrected chi connectivity index (χ2v) is 15.2. The highest BCUT2D eigenvalue weighted by Crippen LogP contribution is 2.38. The number of piperidine rings is 1. The summed E-state index contributed by atoms with van der Waals surface area (Å²) in [5, 5.41) is 0. The monoisotopic (exact) mass is 527 g/mol. The number of hydrogen-bond donors (Lipinski definition) is 0. The molecule has 7 nitrogen and oxygen atoms in total. The molecular weight excluding hydrogens is 494 g/mol. The molecule has 0 bridgehead atoms. The molecule has 0 N–H and O–H groups in total. The van der Waals surface area contributed by atoms with Crippen LogP contribution in [0.25, 0.3) is 0 Å². The van der Waals surface area contributed by atoms with E-state index in [1.54, 1.807) is 12.1 Å². The molecule has 0 spiro atoms. The van der Waals surface area contributed by atoms with E-state index in [1.165, 1.54) is 30.5 Å². The summed E-state index contributed by atoms with van der Waals surface area (Å²) in [6.45, 7) is 3.72. The van der Waals surface area contributed by atoms with Crippen LogP contribution in [0.5, 0.6) is 0 Å². The topological polar surface area (TPSA) is 106 Å². The lowest BCUT2D eigenvalue weighted by molar-refractivity contribution is 0.109. The first-order valence-corrected chi connectivity index (χ1v) is 16.8. The van der Waals surface area contributed by atoms with E-state index < -0.39 is 29.5 Å². The van der Waals surface area contributed by atoms with Crippen LogP contribution in [0.4, 0.5) is 0 Å². The molecule has 1 aliphatic rings. The van der Waals surface area contributed by atoms with E-state index in [-0.39, 0.29) is 27.5 Å². The molecule has 2 atom stereocenters. The summed E-state index contributed by atoms with van der Waals surface area (Å²) in [5.74, 6) is 0.0974. The van der Waals surface area contributed by atoms with Crippen molar-refractivity contribution in [1.82, 2.24) is 4.90 Å². The zero-order valence-corrected chi connectivity index (χ0v) is 22.3. The number of likely N-dealkylation sites (tertiary alicyclic amines) is 1. The maximum atomic E-state index is 12.9. The Morgan fingerprint density at radius 3 is 2.06 bits per heavy atom. The summed E-state index contributed by atoms with van der Waals surface area (Å²) in [6.07, 6.45) is 5.25. The van der Waals surface area contributed by atoms with Gasteiger partial charge in [0.25, 0.3) is 0 Å². The van der Waals surface area contributed by atoms with Gasteiger partial charge in [-0.3, -0.25) is 4.90 Å². The van der Waals surface area contributed by atoms with E-state index in [9.17, 15) is 25.3 Å². The largest absolute Gasteiger partial charge is 0.296 e. The van der Waals surface area contributed by atoms with Gasteiger partial charge in [-0.25, -0.2) is 25.3 Å². The van der Waals surface area contributed by atoms with Crippen molar-refractivity contribution in [3.63, 3.8) is 0 Å². The van der Waals surface area contributed by atoms with Gasteiger partial charge in [0.05, 0.1) is 20.4 Å². The molecule has 0 aromatic heterocycles. The Morgan fingerprint density at radius 2 is 1.47 bits per heavy atom. The lowest BCUT2D eigenvalue weighted by Gasteiger charge is -2.40. The molecule has 0 saturated carbocycles. The summed E-state index contributed by atoms with van der Waals surface area (Å²) >= 11 is 0. The maximum absolute atomic E-state index is 12.9. The molecule has 1 heterocycles. The summed E-state index contributed by atoms with van der Waals surface area (Å²) in [4.78, 5) is 2.84. The molecule has 10 heteroatoms. The summed E-state index contributed by atoms with van der Waals surface area (Å²) in [7, 11) is -10.3. The first-order valence-electron chi connectivity index (χ1n) is 11.4. The highest BCUT2D eigenvalue weighted by molar-refractivity contribution is 7.91. The van der Waals surface area contributed by atoms with Gasteiger partial charge in [0.2, 0.25) is 0 Å². The van der Waals surface area contributed by atoms with Crippen LogP contribution in [0.15, 0.2) is 63.2 Å². The fourth-order valence-electron chi connectivity index (χ4n) is 4.65. The predicted octanol–water partition coefficient (Wildman–Crippen LogP) is 3.52. The molecule has 188 valence electrons.